The van der Waals surface area contributed by atoms with Crippen LogP contribution in [0, 0.1) is 0 Å². The molecule has 18 heavy (non-hydrogen) atoms. The molecule has 6 heteroatoms. The quantitative estimate of drug-likeness (QED) is 0.770. The number of nitrogens with one attached hydrogen (secondary N) is 3. The number of likely N-dealkylation sites (N-methyl/N-ethyl adjacent to an activating group) is 1. The fraction of sp³-hybridized carbons (Fsp3) is 0.333. The number of fused-ring (bicyclic) bond motifs is 1. The molecule has 0 aliphatic heterocycles. The van der Waals surface area contributed by atoms with Crippen molar-refractivity contribution in [2.24, 2.45) is 0 Å². The second-order valence-corrected chi connectivity index (χ2v) is 7.50. The molecule has 0 radical (unpaired) electrons. The van der Waals surface area contributed by atoms with Crippen LogP contribution >= 0.6 is 17.0 Å². The number of hydrogen-bond acceptors (Lipinski definition) is 3. The van der Waals surface area contributed by atoms with Gasteiger partial charge in [0.05, 0.1) is 0 Å². The molecule has 3 N–H and O–H groups in total. The van der Waals surface area contributed by atoms with Gasteiger partial charge in [0.25, 0.3) is 0 Å². The minimum absolute atomic E-state index is 0.826. The van der Waals surface area contributed by atoms with Crippen LogP contribution in [-0.2, 0) is 27.3 Å². The Morgan fingerprint density at radius 3 is 2.22 bits per heavy atom. The first kappa shape index (κ1) is 15.9. The van der Waals surface area contributed by atoms with Crippen molar-refractivity contribution in [3.63, 3.8) is 0 Å². The van der Waals surface area contributed by atoms with E-state index in [0.717, 1.165) is 12.1 Å². The predicted molar refractivity (Wildman–Crippen MR) is 78.0 cm³/mol. The maximum atomic E-state index is 4.93. The molecular formula is C12H17Cl2N3Zr. The zero-order chi connectivity index (χ0) is 13.5. The summed E-state index contributed by atoms with van der Waals surface area (Å²) in [4.78, 5) is 0. The molecule has 0 heterocycles. The molecule has 3 nitrogen and oxygen atoms in total. The SMILES string of the molecule is CNC1=Cc2c(cc(NC)cc2NC)C1.[Cl][Zr][Cl]. The molecule has 0 fully saturated rings. The van der Waals surface area contributed by atoms with E-state index < -0.39 is 20.8 Å². The van der Waals surface area contributed by atoms with E-state index in [9.17, 15) is 0 Å². The van der Waals surface area contributed by atoms with E-state index in [2.05, 4.69) is 34.2 Å². The second kappa shape index (κ2) is 8.09. The fourth-order valence-electron chi connectivity index (χ4n) is 1.97. The summed E-state index contributed by atoms with van der Waals surface area (Å²) >= 11 is -0.826. The first-order valence-corrected chi connectivity index (χ1v) is 11.9. The van der Waals surface area contributed by atoms with Gasteiger partial charge >= 0.3 is 37.9 Å². The van der Waals surface area contributed by atoms with Crippen molar-refractivity contribution in [1.29, 1.82) is 0 Å². The number of anilines is 2. The summed E-state index contributed by atoms with van der Waals surface area (Å²) in [5, 5.41) is 9.63. The Hall–Kier alpha value is -0.177. The molecule has 98 valence electrons. The van der Waals surface area contributed by atoms with E-state index in [-0.39, 0.29) is 0 Å². The molecule has 0 aromatic heterocycles. The molecule has 1 aliphatic carbocycles. The van der Waals surface area contributed by atoms with Gasteiger partial charge in [-0.1, -0.05) is 0 Å². The van der Waals surface area contributed by atoms with Gasteiger partial charge in [-0.3, -0.25) is 0 Å². The van der Waals surface area contributed by atoms with Crippen molar-refractivity contribution in [3.8, 4) is 0 Å². The molecule has 0 amide bonds. The average molecular weight is 365 g/mol. The monoisotopic (exact) mass is 363 g/mol. The third kappa shape index (κ3) is 3.91. The standard InChI is InChI=1S/C12H17N3.2ClH.Zr/c1-13-9-4-8-5-10(14-2)7-12(15-3)11(8)6-9;;;/h5-7,13-15H,4H2,1-3H3;2*1H;/q;;;+2/p-2. The van der Waals surface area contributed by atoms with Gasteiger partial charge in [0.2, 0.25) is 0 Å². The van der Waals surface area contributed by atoms with E-state index in [1.54, 1.807) is 0 Å². The summed E-state index contributed by atoms with van der Waals surface area (Å²) in [5.74, 6) is 0. The van der Waals surface area contributed by atoms with E-state index in [1.165, 1.54) is 22.5 Å². The summed E-state index contributed by atoms with van der Waals surface area (Å²) in [7, 11) is 15.7. The Labute approximate surface area is 127 Å². The molecule has 0 saturated heterocycles. The number of benzene rings is 1. The Bertz CT molecular complexity index is 436. The fourth-order valence-corrected chi connectivity index (χ4v) is 1.97. The normalized spacial score (nSPS) is 11.7. The average Bonchev–Trinajstić information content (AvgIpc) is 2.81. The van der Waals surface area contributed by atoms with Gasteiger partial charge in [-0.25, -0.2) is 0 Å². The minimum atomic E-state index is -0.826. The van der Waals surface area contributed by atoms with Crippen molar-refractivity contribution >= 4 is 34.5 Å². The predicted octanol–water partition coefficient (Wildman–Crippen LogP) is 3.26. The van der Waals surface area contributed by atoms with Gasteiger partial charge < -0.3 is 16.0 Å². The third-order valence-corrected chi connectivity index (χ3v) is 2.84. The number of rotatable bonds is 3. The Morgan fingerprint density at radius 2 is 1.72 bits per heavy atom. The number of allylic oxidation sites excluding steroid dienone is 1. The van der Waals surface area contributed by atoms with Gasteiger partial charge in [-0.05, 0) is 23.8 Å². The molecule has 0 saturated carbocycles. The van der Waals surface area contributed by atoms with E-state index in [0.29, 0.717) is 0 Å². The first-order valence-electron chi connectivity index (χ1n) is 5.57. The summed E-state index contributed by atoms with van der Waals surface area (Å²) < 4.78 is 0. The van der Waals surface area contributed by atoms with E-state index in [1.807, 2.05) is 21.1 Å². The van der Waals surface area contributed by atoms with Crippen LogP contribution in [0.1, 0.15) is 11.1 Å². The van der Waals surface area contributed by atoms with Crippen LogP contribution in [0.15, 0.2) is 17.8 Å². The molecule has 1 aromatic rings. The summed E-state index contributed by atoms with van der Waals surface area (Å²) in [6.45, 7) is 0. The van der Waals surface area contributed by atoms with Gasteiger partial charge in [-0.15, -0.1) is 0 Å². The Balaban J connectivity index is 0.000000492. The van der Waals surface area contributed by atoms with Crippen LogP contribution in [0.3, 0.4) is 0 Å². The molecule has 0 atom stereocenters. The van der Waals surface area contributed by atoms with Crippen LogP contribution < -0.4 is 16.0 Å². The summed E-state index contributed by atoms with van der Waals surface area (Å²) in [6, 6.07) is 4.34. The van der Waals surface area contributed by atoms with Crippen LogP contribution in [0.2, 0.25) is 0 Å². The van der Waals surface area contributed by atoms with Crippen molar-refractivity contribution in [1.82, 2.24) is 5.32 Å². The molecule has 1 aliphatic rings. The topological polar surface area (TPSA) is 36.1 Å². The molecule has 0 bridgehead atoms. The third-order valence-electron chi connectivity index (χ3n) is 2.84. The zero-order valence-electron chi connectivity index (χ0n) is 10.7. The van der Waals surface area contributed by atoms with Crippen molar-refractivity contribution in [3.05, 3.63) is 29.0 Å². The molecule has 0 spiro atoms. The van der Waals surface area contributed by atoms with Gasteiger partial charge in [0.1, 0.15) is 0 Å². The van der Waals surface area contributed by atoms with Crippen LogP contribution in [-0.4, -0.2) is 21.1 Å². The summed E-state index contributed by atoms with van der Waals surface area (Å²) in [5.41, 5.74) is 6.29. The van der Waals surface area contributed by atoms with E-state index >= 15 is 0 Å². The summed E-state index contributed by atoms with van der Waals surface area (Å²) in [6.07, 6.45) is 3.20. The van der Waals surface area contributed by atoms with Crippen molar-refractivity contribution in [2.45, 2.75) is 6.42 Å². The molecule has 0 unspecified atom stereocenters. The molecule has 2 rings (SSSR count). The van der Waals surface area contributed by atoms with Crippen molar-refractivity contribution < 1.29 is 20.8 Å². The number of hydrogen-bond donors (Lipinski definition) is 3. The second-order valence-electron chi connectivity index (χ2n) is 3.76. The van der Waals surface area contributed by atoms with Crippen LogP contribution in [0.25, 0.3) is 6.08 Å². The maximum absolute atomic E-state index is 4.93. The Morgan fingerprint density at radius 1 is 1.06 bits per heavy atom. The van der Waals surface area contributed by atoms with Crippen LogP contribution in [0.4, 0.5) is 11.4 Å². The van der Waals surface area contributed by atoms with Gasteiger partial charge in [-0.2, -0.15) is 0 Å². The van der Waals surface area contributed by atoms with Gasteiger partial charge in [0.15, 0.2) is 0 Å². The van der Waals surface area contributed by atoms with Gasteiger partial charge in [0, 0.05) is 50.2 Å². The first-order chi connectivity index (χ1) is 8.69. The number of halogens is 2. The molecular weight excluding hydrogens is 348 g/mol. The van der Waals surface area contributed by atoms with Crippen LogP contribution in [0.5, 0.6) is 0 Å². The zero-order valence-corrected chi connectivity index (χ0v) is 14.7. The van der Waals surface area contributed by atoms with Crippen molar-refractivity contribution in [2.75, 3.05) is 31.8 Å². The molecule has 1 aromatic carbocycles. The Kier molecular flexibility index (Phi) is 7.13. The van der Waals surface area contributed by atoms with E-state index in [4.69, 9.17) is 17.0 Å².